The summed E-state index contributed by atoms with van der Waals surface area (Å²) in [5.74, 6) is 0.845. The maximum atomic E-state index is 9.78. The summed E-state index contributed by atoms with van der Waals surface area (Å²) < 4.78 is 0. The Morgan fingerprint density at radius 1 is 1.36 bits per heavy atom. The Kier molecular flexibility index (Phi) is 2.23. The molecular weight excluding hydrogens is 174 g/mol. The largest absolute Gasteiger partial charge is 0.508 e. The molecule has 1 heterocycles. The van der Waals surface area contributed by atoms with Crippen molar-refractivity contribution in [1.82, 2.24) is 5.32 Å². The normalized spacial score (nSPS) is 25.1. The van der Waals surface area contributed by atoms with E-state index in [2.05, 4.69) is 19.2 Å². The van der Waals surface area contributed by atoms with Gasteiger partial charge in [-0.1, -0.05) is 32.0 Å². The van der Waals surface area contributed by atoms with Crippen molar-refractivity contribution < 1.29 is 5.11 Å². The molecule has 1 aromatic carbocycles. The van der Waals surface area contributed by atoms with Gasteiger partial charge in [-0.25, -0.2) is 0 Å². The topological polar surface area (TPSA) is 32.3 Å². The zero-order valence-electron chi connectivity index (χ0n) is 8.75. The van der Waals surface area contributed by atoms with Crippen molar-refractivity contribution in [2.24, 2.45) is 5.41 Å². The van der Waals surface area contributed by atoms with Crippen LogP contribution in [0.3, 0.4) is 0 Å². The molecule has 1 saturated heterocycles. The molecule has 1 aliphatic heterocycles. The number of benzene rings is 1. The van der Waals surface area contributed by atoms with Crippen molar-refractivity contribution in [1.29, 1.82) is 0 Å². The second-order valence-corrected chi connectivity index (χ2v) is 4.73. The van der Waals surface area contributed by atoms with Gasteiger partial charge in [0.15, 0.2) is 0 Å². The minimum atomic E-state index is 0.235. The molecule has 14 heavy (non-hydrogen) atoms. The SMILES string of the molecule is CC1(C)CNC[C@H]1c1ccccc1O. The Hall–Kier alpha value is -1.02. The Morgan fingerprint density at radius 2 is 2.07 bits per heavy atom. The molecule has 0 aromatic heterocycles. The molecule has 0 spiro atoms. The monoisotopic (exact) mass is 191 g/mol. The molecule has 2 N–H and O–H groups in total. The predicted molar refractivity (Wildman–Crippen MR) is 57.5 cm³/mol. The minimum Gasteiger partial charge on any atom is -0.508 e. The first-order valence-corrected chi connectivity index (χ1v) is 5.10. The van der Waals surface area contributed by atoms with E-state index in [4.69, 9.17) is 0 Å². The van der Waals surface area contributed by atoms with E-state index in [-0.39, 0.29) is 5.41 Å². The minimum absolute atomic E-state index is 0.235. The zero-order chi connectivity index (χ0) is 10.2. The van der Waals surface area contributed by atoms with E-state index in [0.717, 1.165) is 18.7 Å². The maximum absolute atomic E-state index is 9.78. The van der Waals surface area contributed by atoms with Crippen LogP contribution in [0.1, 0.15) is 25.3 Å². The molecule has 1 aromatic rings. The molecule has 2 nitrogen and oxygen atoms in total. The van der Waals surface area contributed by atoms with E-state index in [1.807, 2.05) is 18.2 Å². The Balaban J connectivity index is 2.36. The van der Waals surface area contributed by atoms with Crippen molar-refractivity contribution in [3.05, 3.63) is 29.8 Å². The molecule has 0 saturated carbocycles. The number of aromatic hydroxyl groups is 1. The van der Waals surface area contributed by atoms with Crippen LogP contribution >= 0.6 is 0 Å². The van der Waals surface area contributed by atoms with Crippen LogP contribution in [0, 0.1) is 5.41 Å². The number of hydrogen-bond acceptors (Lipinski definition) is 2. The molecule has 0 radical (unpaired) electrons. The Labute approximate surface area is 85.0 Å². The first-order chi connectivity index (χ1) is 6.61. The third kappa shape index (κ3) is 1.50. The summed E-state index contributed by atoms with van der Waals surface area (Å²) in [6.07, 6.45) is 0. The molecule has 2 heteroatoms. The fourth-order valence-electron chi connectivity index (χ4n) is 2.25. The average Bonchev–Trinajstić information content (AvgIpc) is 2.46. The average molecular weight is 191 g/mol. The van der Waals surface area contributed by atoms with Gasteiger partial charge in [0, 0.05) is 19.0 Å². The fourth-order valence-corrected chi connectivity index (χ4v) is 2.25. The van der Waals surface area contributed by atoms with Crippen LogP contribution in [0.5, 0.6) is 5.75 Å². The third-order valence-corrected chi connectivity index (χ3v) is 3.18. The second kappa shape index (κ2) is 3.28. The molecule has 0 aliphatic carbocycles. The highest BCUT2D eigenvalue weighted by atomic mass is 16.3. The molecule has 76 valence electrons. The van der Waals surface area contributed by atoms with Crippen LogP contribution in [-0.4, -0.2) is 18.2 Å². The van der Waals surface area contributed by atoms with Gasteiger partial charge in [0.05, 0.1) is 0 Å². The van der Waals surface area contributed by atoms with E-state index in [1.54, 1.807) is 6.07 Å². The summed E-state index contributed by atoms with van der Waals surface area (Å²) in [7, 11) is 0. The second-order valence-electron chi connectivity index (χ2n) is 4.73. The van der Waals surface area contributed by atoms with Gasteiger partial charge in [-0.05, 0) is 17.0 Å². The Morgan fingerprint density at radius 3 is 2.64 bits per heavy atom. The van der Waals surface area contributed by atoms with E-state index in [1.165, 1.54) is 0 Å². The molecule has 0 unspecified atom stereocenters. The summed E-state index contributed by atoms with van der Waals surface area (Å²) in [5.41, 5.74) is 1.31. The van der Waals surface area contributed by atoms with E-state index in [0.29, 0.717) is 11.7 Å². The van der Waals surface area contributed by atoms with Gasteiger partial charge in [-0.15, -0.1) is 0 Å². The first kappa shape index (κ1) is 9.53. The van der Waals surface area contributed by atoms with E-state index >= 15 is 0 Å². The van der Waals surface area contributed by atoms with Crippen LogP contribution in [0.2, 0.25) is 0 Å². The van der Waals surface area contributed by atoms with Gasteiger partial charge >= 0.3 is 0 Å². The highest BCUT2D eigenvalue weighted by Gasteiger charge is 2.36. The maximum Gasteiger partial charge on any atom is 0.119 e. The molecule has 0 amide bonds. The fraction of sp³-hybridized carbons (Fsp3) is 0.500. The van der Waals surface area contributed by atoms with Crippen molar-refractivity contribution in [2.45, 2.75) is 19.8 Å². The van der Waals surface area contributed by atoms with Gasteiger partial charge in [0.25, 0.3) is 0 Å². The van der Waals surface area contributed by atoms with Gasteiger partial charge in [0.2, 0.25) is 0 Å². The lowest BCUT2D eigenvalue weighted by molar-refractivity contribution is 0.352. The zero-order valence-corrected chi connectivity index (χ0v) is 8.75. The molecular formula is C12H17NO. The molecule has 1 fully saturated rings. The van der Waals surface area contributed by atoms with Crippen LogP contribution < -0.4 is 5.32 Å². The van der Waals surface area contributed by atoms with Crippen molar-refractivity contribution in [3.8, 4) is 5.75 Å². The number of phenolic OH excluding ortho intramolecular Hbond substituents is 1. The van der Waals surface area contributed by atoms with Gasteiger partial charge in [0.1, 0.15) is 5.75 Å². The summed E-state index contributed by atoms with van der Waals surface area (Å²) in [4.78, 5) is 0. The number of para-hydroxylation sites is 1. The van der Waals surface area contributed by atoms with E-state index in [9.17, 15) is 5.11 Å². The van der Waals surface area contributed by atoms with Crippen LogP contribution in [-0.2, 0) is 0 Å². The number of nitrogens with one attached hydrogen (secondary N) is 1. The van der Waals surface area contributed by atoms with Crippen LogP contribution in [0.25, 0.3) is 0 Å². The predicted octanol–water partition coefficient (Wildman–Crippen LogP) is 2.11. The van der Waals surface area contributed by atoms with Crippen molar-refractivity contribution >= 4 is 0 Å². The molecule has 1 atom stereocenters. The molecule has 0 bridgehead atoms. The number of hydrogen-bond donors (Lipinski definition) is 2. The molecule has 1 aliphatic rings. The van der Waals surface area contributed by atoms with Crippen LogP contribution in [0.15, 0.2) is 24.3 Å². The summed E-state index contributed by atoms with van der Waals surface area (Å²) >= 11 is 0. The van der Waals surface area contributed by atoms with Crippen molar-refractivity contribution in [3.63, 3.8) is 0 Å². The number of rotatable bonds is 1. The first-order valence-electron chi connectivity index (χ1n) is 5.10. The highest BCUT2D eigenvalue weighted by Crippen LogP contribution is 2.41. The lowest BCUT2D eigenvalue weighted by atomic mass is 9.77. The number of phenols is 1. The lowest BCUT2D eigenvalue weighted by Gasteiger charge is -2.26. The Bertz CT molecular complexity index is 333. The van der Waals surface area contributed by atoms with Gasteiger partial charge in [-0.3, -0.25) is 0 Å². The standard InChI is InChI=1S/C12H17NO/c1-12(2)8-13-7-10(12)9-5-3-4-6-11(9)14/h3-6,10,13-14H,7-8H2,1-2H3/t10-/m0/s1. The van der Waals surface area contributed by atoms with Crippen molar-refractivity contribution in [2.75, 3.05) is 13.1 Å². The summed E-state index contributed by atoms with van der Waals surface area (Å²) in [6.45, 7) is 6.46. The van der Waals surface area contributed by atoms with Gasteiger partial charge in [-0.2, -0.15) is 0 Å². The summed E-state index contributed by atoms with van der Waals surface area (Å²) in [5, 5.41) is 13.2. The van der Waals surface area contributed by atoms with E-state index < -0.39 is 0 Å². The third-order valence-electron chi connectivity index (χ3n) is 3.18. The quantitative estimate of drug-likeness (QED) is 0.712. The van der Waals surface area contributed by atoms with Gasteiger partial charge < -0.3 is 10.4 Å². The summed E-state index contributed by atoms with van der Waals surface area (Å²) in [6, 6.07) is 7.65. The lowest BCUT2D eigenvalue weighted by Crippen LogP contribution is -2.20. The van der Waals surface area contributed by atoms with Crippen LogP contribution in [0.4, 0.5) is 0 Å². The highest BCUT2D eigenvalue weighted by molar-refractivity contribution is 5.37. The smallest absolute Gasteiger partial charge is 0.119 e. The molecule has 2 rings (SSSR count).